The van der Waals surface area contributed by atoms with E-state index in [9.17, 15) is 4.79 Å². The highest BCUT2D eigenvalue weighted by molar-refractivity contribution is 7.12. The first kappa shape index (κ1) is 13.5. The minimum Gasteiger partial charge on any atom is -0.382 e. The van der Waals surface area contributed by atoms with Crippen LogP contribution in [0.3, 0.4) is 0 Å². The van der Waals surface area contributed by atoms with Crippen molar-refractivity contribution in [3.8, 4) is 0 Å². The summed E-state index contributed by atoms with van der Waals surface area (Å²) in [5.74, 6) is 0.621. The predicted molar refractivity (Wildman–Crippen MR) is 71.0 cm³/mol. The van der Waals surface area contributed by atoms with Crippen molar-refractivity contribution in [2.24, 2.45) is 5.92 Å². The number of amides is 1. The van der Waals surface area contributed by atoms with Crippen molar-refractivity contribution in [3.05, 3.63) is 22.4 Å². The smallest absolute Gasteiger partial charge is 0.263 e. The van der Waals surface area contributed by atoms with Crippen molar-refractivity contribution in [1.29, 1.82) is 0 Å². The number of hydrogen-bond acceptors (Lipinski definition) is 4. The summed E-state index contributed by atoms with van der Waals surface area (Å²) < 4.78 is 10.4. The van der Waals surface area contributed by atoms with E-state index in [0.29, 0.717) is 19.1 Å². The zero-order valence-electron chi connectivity index (χ0n) is 10.6. The van der Waals surface area contributed by atoms with E-state index in [2.05, 4.69) is 0 Å². The van der Waals surface area contributed by atoms with Gasteiger partial charge in [-0.05, 0) is 17.9 Å². The Labute approximate surface area is 111 Å². The molecule has 4 nitrogen and oxygen atoms in total. The average Bonchev–Trinajstić information content (AvgIpc) is 3.05. The fourth-order valence-corrected chi connectivity index (χ4v) is 2.79. The first-order chi connectivity index (χ1) is 8.81. The molecule has 0 aliphatic carbocycles. The van der Waals surface area contributed by atoms with Gasteiger partial charge in [0.2, 0.25) is 0 Å². The fraction of sp³-hybridized carbons (Fsp3) is 0.615. The number of carbonyl (C=O) groups excluding carboxylic acids is 1. The topological polar surface area (TPSA) is 38.8 Å². The second-order valence-electron chi connectivity index (χ2n) is 4.45. The van der Waals surface area contributed by atoms with E-state index in [4.69, 9.17) is 9.47 Å². The molecule has 0 radical (unpaired) electrons. The molecule has 0 N–H and O–H groups in total. The predicted octanol–water partition coefficient (Wildman–Crippen LogP) is 1.87. The lowest BCUT2D eigenvalue weighted by atomic mass is 10.1. The van der Waals surface area contributed by atoms with Gasteiger partial charge in [0.15, 0.2) is 0 Å². The van der Waals surface area contributed by atoms with Gasteiger partial charge in [0.1, 0.15) is 0 Å². The van der Waals surface area contributed by atoms with E-state index in [1.165, 1.54) is 11.3 Å². The summed E-state index contributed by atoms with van der Waals surface area (Å²) >= 11 is 1.50. The summed E-state index contributed by atoms with van der Waals surface area (Å²) in [5.41, 5.74) is 0. The standard InChI is InChI=1S/C13H19NO3S/c1-16-6-7-17-10-11-4-5-14(9-11)13(15)12-3-2-8-18-12/h2-3,8,11H,4-7,9-10H2,1H3. The van der Waals surface area contributed by atoms with E-state index >= 15 is 0 Å². The summed E-state index contributed by atoms with van der Waals surface area (Å²) in [7, 11) is 1.67. The lowest BCUT2D eigenvalue weighted by Crippen LogP contribution is -2.28. The molecule has 5 heteroatoms. The molecule has 1 atom stereocenters. The van der Waals surface area contributed by atoms with Crippen LogP contribution < -0.4 is 0 Å². The number of hydrogen-bond donors (Lipinski definition) is 0. The normalized spacial score (nSPS) is 19.4. The van der Waals surface area contributed by atoms with Crippen LogP contribution in [0.1, 0.15) is 16.1 Å². The van der Waals surface area contributed by atoms with Crippen LogP contribution in [0.25, 0.3) is 0 Å². The van der Waals surface area contributed by atoms with E-state index in [-0.39, 0.29) is 5.91 Å². The molecule has 1 aliphatic heterocycles. The molecule has 0 saturated carbocycles. The Morgan fingerprint density at radius 3 is 3.17 bits per heavy atom. The lowest BCUT2D eigenvalue weighted by molar-refractivity contribution is 0.0516. The minimum atomic E-state index is 0.157. The highest BCUT2D eigenvalue weighted by atomic mass is 32.1. The molecule has 0 spiro atoms. The molecule has 1 amide bonds. The van der Waals surface area contributed by atoms with Gasteiger partial charge in [-0.15, -0.1) is 11.3 Å². The van der Waals surface area contributed by atoms with Gasteiger partial charge in [0.25, 0.3) is 5.91 Å². The molecule has 0 aromatic carbocycles. The molecule has 1 aliphatic rings. The molecule has 2 rings (SSSR count). The first-order valence-corrected chi connectivity index (χ1v) is 7.08. The Balaban J connectivity index is 1.73. The number of carbonyl (C=O) groups is 1. The van der Waals surface area contributed by atoms with Crippen LogP contribution in [0.2, 0.25) is 0 Å². The Kier molecular flexibility index (Phi) is 5.16. The Bertz CT molecular complexity index is 366. The monoisotopic (exact) mass is 269 g/mol. The zero-order valence-corrected chi connectivity index (χ0v) is 11.4. The molecule has 1 fully saturated rings. The van der Waals surface area contributed by atoms with Crippen molar-refractivity contribution >= 4 is 17.2 Å². The Hall–Kier alpha value is -0.910. The Morgan fingerprint density at radius 2 is 2.44 bits per heavy atom. The van der Waals surface area contributed by atoms with E-state index in [1.807, 2.05) is 22.4 Å². The molecule has 1 aromatic rings. The van der Waals surface area contributed by atoms with E-state index in [1.54, 1.807) is 7.11 Å². The van der Waals surface area contributed by atoms with Gasteiger partial charge in [-0.2, -0.15) is 0 Å². The second kappa shape index (κ2) is 6.87. The Morgan fingerprint density at radius 1 is 1.56 bits per heavy atom. The number of ether oxygens (including phenoxy) is 2. The maximum Gasteiger partial charge on any atom is 0.263 e. The van der Waals surface area contributed by atoms with Crippen molar-refractivity contribution < 1.29 is 14.3 Å². The van der Waals surface area contributed by atoms with Gasteiger partial charge in [-0.25, -0.2) is 0 Å². The van der Waals surface area contributed by atoms with E-state index in [0.717, 1.165) is 31.0 Å². The summed E-state index contributed by atoms with van der Waals surface area (Å²) in [6, 6.07) is 3.80. The largest absolute Gasteiger partial charge is 0.382 e. The molecular weight excluding hydrogens is 250 g/mol. The minimum absolute atomic E-state index is 0.157. The third kappa shape index (κ3) is 3.54. The fourth-order valence-electron chi connectivity index (χ4n) is 2.10. The van der Waals surface area contributed by atoms with Crippen molar-refractivity contribution in [2.75, 3.05) is 40.0 Å². The van der Waals surface area contributed by atoms with Crippen LogP contribution in [0.4, 0.5) is 0 Å². The van der Waals surface area contributed by atoms with Gasteiger partial charge in [0, 0.05) is 26.1 Å². The maximum absolute atomic E-state index is 12.1. The highest BCUT2D eigenvalue weighted by Gasteiger charge is 2.27. The molecule has 1 aromatic heterocycles. The molecule has 1 unspecified atom stereocenters. The van der Waals surface area contributed by atoms with Crippen LogP contribution >= 0.6 is 11.3 Å². The first-order valence-electron chi connectivity index (χ1n) is 6.20. The van der Waals surface area contributed by atoms with Gasteiger partial charge in [-0.1, -0.05) is 6.07 Å². The quantitative estimate of drug-likeness (QED) is 0.740. The van der Waals surface area contributed by atoms with Crippen LogP contribution in [0.5, 0.6) is 0 Å². The van der Waals surface area contributed by atoms with Crippen LogP contribution in [-0.4, -0.2) is 50.8 Å². The number of rotatable bonds is 6. The lowest BCUT2D eigenvalue weighted by Gasteiger charge is -2.15. The highest BCUT2D eigenvalue weighted by Crippen LogP contribution is 2.20. The molecule has 2 heterocycles. The number of nitrogens with zero attached hydrogens (tertiary/aromatic N) is 1. The zero-order chi connectivity index (χ0) is 12.8. The third-order valence-corrected chi connectivity index (χ3v) is 3.95. The second-order valence-corrected chi connectivity index (χ2v) is 5.40. The summed E-state index contributed by atoms with van der Waals surface area (Å²) in [6.45, 7) is 3.63. The molecular formula is C13H19NO3S. The van der Waals surface area contributed by atoms with Gasteiger partial charge >= 0.3 is 0 Å². The summed E-state index contributed by atoms with van der Waals surface area (Å²) in [4.78, 5) is 14.9. The number of thiophene rings is 1. The van der Waals surface area contributed by atoms with Crippen LogP contribution in [-0.2, 0) is 9.47 Å². The van der Waals surface area contributed by atoms with Gasteiger partial charge in [-0.3, -0.25) is 4.79 Å². The van der Waals surface area contributed by atoms with Crippen molar-refractivity contribution in [1.82, 2.24) is 4.90 Å². The summed E-state index contributed by atoms with van der Waals surface area (Å²) in [6.07, 6.45) is 1.03. The van der Waals surface area contributed by atoms with E-state index < -0.39 is 0 Å². The molecule has 100 valence electrons. The number of likely N-dealkylation sites (tertiary alicyclic amines) is 1. The average molecular weight is 269 g/mol. The molecule has 18 heavy (non-hydrogen) atoms. The van der Waals surface area contributed by atoms with Crippen LogP contribution in [0.15, 0.2) is 17.5 Å². The number of methoxy groups -OCH3 is 1. The van der Waals surface area contributed by atoms with Crippen LogP contribution in [0, 0.1) is 5.92 Å². The van der Waals surface area contributed by atoms with Gasteiger partial charge < -0.3 is 14.4 Å². The third-order valence-electron chi connectivity index (χ3n) is 3.09. The SMILES string of the molecule is COCCOCC1CCN(C(=O)c2cccs2)C1. The van der Waals surface area contributed by atoms with Crippen molar-refractivity contribution in [2.45, 2.75) is 6.42 Å². The summed E-state index contributed by atoms with van der Waals surface area (Å²) in [5, 5.41) is 1.94. The van der Waals surface area contributed by atoms with Gasteiger partial charge in [0.05, 0.1) is 24.7 Å². The maximum atomic E-state index is 12.1. The molecule has 1 saturated heterocycles. The van der Waals surface area contributed by atoms with Crippen molar-refractivity contribution in [3.63, 3.8) is 0 Å². The molecule has 0 bridgehead atoms.